The molecule has 0 aromatic rings. The lowest BCUT2D eigenvalue weighted by Gasteiger charge is -2.10. The van der Waals surface area contributed by atoms with Crippen molar-refractivity contribution in [3.63, 3.8) is 0 Å². The number of aldehydes is 3. The van der Waals surface area contributed by atoms with Crippen LogP contribution in [0.4, 0.5) is 0 Å². The number of carbonyl (C=O) groups excluding carboxylic acids is 7. The fraction of sp³-hybridized carbons (Fsp3) is 0.688. The van der Waals surface area contributed by atoms with Crippen LogP contribution in [0.3, 0.4) is 0 Å². The number of hydrogen-bond donors (Lipinski definition) is 7. The highest BCUT2D eigenvalue weighted by Gasteiger charge is 2.25. The molecule has 2 atom stereocenters. The Morgan fingerprint density at radius 2 is 0.927 bits per heavy atom. The smallest absolute Gasteiger partial charge is 0.334 e. The average molecular weight is 809 g/mol. The molecule has 2 rings (SSSR count). The Bertz CT molecular complexity index is 1040. The maximum atomic E-state index is 11.0. The minimum atomic E-state index is -1.19. The van der Waals surface area contributed by atoms with Gasteiger partial charge in [-0.1, -0.05) is 55.4 Å². The molecule has 0 aromatic carbocycles. The summed E-state index contributed by atoms with van der Waals surface area (Å²) in [6.45, 7) is 11.4. The van der Waals surface area contributed by atoms with Crippen LogP contribution in [0.25, 0.3) is 0 Å². The van der Waals surface area contributed by atoms with Crippen LogP contribution in [0.15, 0.2) is 0 Å². The molecular weight excluding hydrogens is 752 g/mol. The quantitative estimate of drug-likeness (QED) is 0.0651. The van der Waals surface area contributed by atoms with Gasteiger partial charge in [0.25, 0.3) is 0 Å². The van der Waals surface area contributed by atoms with Gasteiger partial charge in [0.05, 0.1) is 36.9 Å². The second-order valence-corrected chi connectivity index (χ2v) is 10.6. The Labute approximate surface area is 317 Å². The summed E-state index contributed by atoms with van der Waals surface area (Å²) < 4.78 is 27.7. The van der Waals surface area contributed by atoms with E-state index in [2.05, 4.69) is 18.9 Å². The van der Waals surface area contributed by atoms with Crippen molar-refractivity contribution in [3.05, 3.63) is 0 Å². The van der Waals surface area contributed by atoms with E-state index >= 15 is 0 Å². The molecule has 23 nitrogen and oxygen atoms in total. The molecule has 2 saturated heterocycles. The maximum Gasteiger partial charge on any atom is 0.334 e. The monoisotopic (exact) mass is 808 g/mol. The van der Waals surface area contributed by atoms with Gasteiger partial charge in [-0.3, -0.25) is 24.0 Å². The molecule has 55 heavy (non-hydrogen) atoms. The van der Waals surface area contributed by atoms with E-state index in [0.717, 1.165) is 0 Å². The van der Waals surface area contributed by atoms with Crippen molar-refractivity contribution in [2.45, 2.75) is 68.0 Å². The number of cyclic esters (lactones) is 2. The van der Waals surface area contributed by atoms with Crippen LogP contribution in [-0.2, 0) is 76.4 Å². The van der Waals surface area contributed by atoms with Crippen molar-refractivity contribution in [1.29, 1.82) is 0 Å². The summed E-state index contributed by atoms with van der Waals surface area (Å²) in [7, 11) is 0. The van der Waals surface area contributed by atoms with Crippen LogP contribution >= 0.6 is 0 Å². The largest absolute Gasteiger partial charge is 0.481 e. The molecule has 2 aliphatic heterocycles. The van der Waals surface area contributed by atoms with Gasteiger partial charge in [-0.25, -0.2) is 14.4 Å². The van der Waals surface area contributed by atoms with E-state index in [4.69, 9.17) is 59.6 Å². The van der Waals surface area contributed by atoms with Crippen LogP contribution in [-0.4, -0.2) is 162 Å². The van der Waals surface area contributed by atoms with E-state index < -0.39 is 49.0 Å². The number of carbonyl (C=O) groups is 10. The molecule has 2 fully saturated rings. The molecule has 2 aliphatic rings. The van der Waals surface area contributed by atoms with Gasteiger partial charge in [-0.2, -0.15) is 0 Å². The number of hydrogen-bond acceptors (Lipinski definition) is 20. The van der Waals surface area contributed by atoms with Gasteiger partial charge < -0.3 is 73.8 Å². The minimum Gasteiger partial charge on any atom is -0.481 e. The fourth-order valence-corrected chi connectivity index (χ4v) is 1.52. The second kappa shape index (κ2) is 43.5. The van der Waals surface area contributed by atoms with Crippen molar-refractivity contribution in [1.82, 2.24) is 0 Å². The lowest BCUT2D eigenvalue weighted by atomic mass is 10.2. The summed E-state index contributed by atoms with van der Waals surface area (Å²) in [6, 6.07) is 0. The Kier molecular flexibility index (Phi) is 49.0. The highest BCUT2D eigenvalue weighted by Crippen LogP contribution is 2.07. The Morgan fingerprint density at radius 1 is 0.618 bits per heavy atom. The Morgan fingerprint density at radius 3 is 1.11 bits per heavy atom. The Hall–Kier alpha value is -4.94. The van der Waals surface area contributed by atoms with E-state index in [9.17, 15) is 33.6 Å². The third-order valence-electron chi connectivity index (χ3n) is 4.32. The number of esters is 4. The standard InChI is InChI=1S/C8H12O5.C6H10O3.C4H6O4.2C4H8O2.C2H4O3.2C2H4O2/c1-5(2)8(10)12-4-7-11-3-6(9)13-7;1-5(2)6(8)9-4-3-7;5-1-4-7-2-3(6)8-4;2*1-3(2)4(5)6;3-1-2(4)5;2*3-1-2-4/h5,7H,3-4H2,1-2H3;3,5H,4H2,1-2H3;4-5H,1-2H2;2*3H,1-2H3,(H,5,6);3H,1H2,(H,4,5);2*1,4H,2H2. The first-order chi connectivity index (χ1) is 25.5. The van der Waals surface area contributed by atoms with E-state index in [-0.39, 0.29) is 81.9 Å². The first-order valence-electron chi connectivity index (χ1n) is 15.9. The molecular formula is C32H56O23. The van der Waals surface area contributed by atoms with Gasteiger partial charge in [0, 0.05) is 0 Å². The van der Waals surface area contributed by atoms with Crippen molar-refractivity contribution in [2.24, 2.45) is 23.7 Å². The minimum absolute atomic E-state index is 0.0250. The zero-order valence-corrected chi connectivity index (χ0v) is 32.0. The molecule has 0 radical (unpaired) electrons. The SMILES string of the molecule is CC(C)C(=O)O.CC(C)C(=O)O.CC(C)C(=O)OCC1OCC(=O)O1.CC(C)C(=O)OCC=O.O=C(O)CO.O=C1COC(CO)O1.O=CCO.O=CCO. The van der Waals surface area contributed by atoms with E-state index in [0.29, 0.717) is 18.9 Å². The van der Waals surface area contributed by atoms with Gasteiger partial charge >= 0.3 is 41.8 Å². The van der Waals surface area contributed by atoms with Gasteiger partial charge in [0.1, 0.15) is 45.6 Å². The van der Waals surface area contributed by atoms with E-state index in [1.54, 1.807) is 55.4 Å². The lowest BCUT2D eigenvalue weighted by molar-refractivity contribution is -0.164. The number of rotatable bonds is 12. The maximum absolute atomic E-state index is 11.0. The molecule has 2 heterocycles. The first kappa shape index (κ1) is 62.1. The topological polar surface area (TPSA) is 368 Å². The van der Waals surface area contributed by atoms with Crippen molar-refractivity contribution >= 4 is 60.6 Å². The zero-order chi connectivity index (χ0) is 44.5. The summed E-state index contributed by atoms with van der Waals surface area (Å²) in [6.07, 6.45) is -0.0296. The average Bonchev–Trinajstić information content (AvgIpc) is 3.77. The molecule has 0 spiro atoms. The van der Waals surface area contributed by atoms with Crippen molar-refractivity contribution in [2.75, 3.05) is 52.9 Å². The molecule has 23 heteroatoms. The predicted octanol–water partition coefficient (Wildman–Crippen LogP) is -1.78. The molecule has 0 bridgehead atoms. The van der Waals surface area contributed by atoms with Crippen molar-refractivity contribution < 1.29 is 112 Å². The predicted molar refractivity (Wildman–Crippen MR) is 182 cm³/mol. The van der Waals surface area contributed by atoms with Crippen LogP contribution in [0.2, 0.25) is 0 Å². The number of ether oxygens (including phenoxy) is 6. The number of aliphatic hydroxyl groups excluding tert-OH is 4. The third-order valence-corrected chi connectivity index (χ3v) is 4.32. The van der Waals surface area contributed by atoms with Gasteiger partial charge in [0.15, 0.2) is 12.9 Å². The molecule has 0 amide bonds. The van der Waals surface area contributed by atoms with E-state index in [1.165, 1.54) is 0 Å². The molecule has 0 aromatic heterocycles. The molecule has 2 unspecified atom stereocenters. The molecule has 0 aliphatic carbocycles. The summed E-state index contributed by atoms with van der Waals surface area (Å²) in [5.41, 5.74) is 0. The first-order valence-corrected chi connectivity index (χ1v) is 15.9. The van der Waals surface area contributed by atoms with Crippen LogP contribution in [0, 0.1) is 23.7 Å². The van der Waals surface area contributed by atoms with Gasteiger partial charge in [-0.15, -0.1) is 0 Å². The summed E-state index contributed by atoms with van der Waals surface area (Å²) in [4.78, 5) is 98.2. The van der Waals surface area contributed by atoms with Gasteiger partial charge in [-0.05, 0) is 0 Å². The third kappa shape index (κ3) is 56.0. The van der Waals surface area contributed by atoms with Crippen LogP contribution in [0.1, 0.15) is 55.4 Å². The Balaban J connectivity index is -0.000000129. The number of carboxylic acids is 3. The van der Waals surface area contributed by atoms with Crippen LogP contribution < -0.4 is 0 Å². The highest BCUT2D eigenvalue weighted by molar-refractivity contribution is 5.74. The summed E-state index contributed by atoms with van der Waals surface area (Å²) >= 11 is 0. The fourth-order valence-electron chi connectivity index (χ4n) is 1.52. The number of carboxylic acid groups (broad SMARTS) is 3. The normalized spacial score (nSPS) is 14.3. The molecule has 0 saturated carbocycles. The summed E-state index contributed by atoms with van der Waals surface area (Å²) in [5.74, 6) is -4.96. The number of aliphatic hydroxyl groups is 4. The van der Waals surface area contributed by atoms with Crippen LogP contribution in [0.5, 0.6) is 0 Å². The van der Waals surface area contributed by atoms with Gasteiger partial charge in [0.2, 0.25) is 12.6 Å². The van der Waals surface area contributed by atoms with E-state index in [1.807, 2.05) is 0 Å². The second-order valence-electron chi connectivity index (χ2n) is 10.6. The summed E-state index contributed by atoms with van der Waals surface area (Å²) in [5, 5.41) is 54.3. The van der Waals surface area contributed by atoms with Crippen molar-refractivity contribution in [3.8, 4) is 0 Å². The molecule has 7 N–H and O–H groups in total. The molecule has 322 valence electrons. The highest BCUT2D eigenvalue weighted by atomic mass is 16.8. The number of aliphatic carboxylic acids is 3. The lowest BCUT2D eigenvalue weighted by Crippen LogP contribution is -2.22. The zero-order valence-electron chi connectivity index (χ0n) is 32.0.